The van der Waals surface area contributed by atoms with Gasteiger partial charge in [-0.2, -0.15) is 0 Å². The Bertz CT molecular complexity index is 454. The van der Waals surface area contributed by atoms with Gasteiger partial charge in [0.2, 0.25) is 0 Å². The van der Waals surface area contributed by atoms with Gasteiger partial charge in [0.05, 0.1) is 6.61 Å². The highest BCUT2D eigenvalue weighted by molar-refractivity contribution is 5.36. The lowest BCUT2D eigenvalue weighted by Gasteiger charge is -2.34. The molecule has 1 fully saturated rings. The summed E-state index contributed by atoms with van der Waals surface area (Å²) in [5.74, 6) is 5.55. The molecular formula is C16H22N2O2. The highest BCUT2D eigenvalue weighted by Gasteiger charge is 2.16. The van der Waals surface area contributed by atoms with E-state index in [9.17, 15) is 0 Å². The highest BCUT2D eigenvalue weighted by Crippen LogP contribution is 2.09. The molecule has 108 valence electrons. The van der Waals surface area contributed by atoms with E-state index in [0.717, 1.165) is 44.8 Å². The van der Waals surface area contributed by atoms with Crippen molar-refractivity contribution >= 4 is 0 Å². The lowest BCUT2D eigenvalue weighted by molar-refractivity contribution is 0.108. The van der Waals surface area contributed by atoms with E-state index in [0.29, 0.717) is 0 Å². The minimum absolute atomic E-state index is 0.0974. The highest BCUT2D eigenvalue weighted by atomic mass is 16.3. The molecule has 1 aliphatic heterocycles. The Kier molecular flexibility index (Phi) is 6.03. The van der Waals surface area contributed by atoms with Crippen molar-refractivity contribution in [3.63, 3.8) is 0 Å². The van der Waals surface area contributed by atoms with E-state index in [1.807, 2.05) is 12.1 Å². The lowest BCUT2D eigenvalue weighted by Crippen LogP contribution is -2.46. The summed E-state index contributed by atoms with van der Waals surface area (Å²) in [5, 5.41) is 17.6. The molecule has 0 aliphatic carbocycles. The molecule has 4 nitrogen and oxygen atoms in total. The second-order valence-electron chi connectivity index (χ2n) is 5.00. The van der Waals surface area contributed by atoms with Crippen LogP contribution in [-0.4, -0.2) is 66.0 Å². The Morgan fingerprint density at radius 3 is 2.20 bits per heavy atom. The van der Waals surface area contributed by atoms with Crippen molar-refractivity contribution in [3.8, 4) is 11.8 Å². The fourth-order valence-electron chi connectivity index (χ4n) is 2.41. The number of aliphatic hydroxyl groups is 2. The maximum absolute atomic E-state index is 8.93. The molecule has 0 spiro atoms. The summed E-state index contributed by atoms with van der Waals surface area (Å²) in [6.45, 7) is 6.04. The summed E-state index contributed by atoms with van der Waals surface area (Å²) in [5.41, 5.74) is 2.23. The van der Waals surface area contributed by atoms with Crippen LogP contribution in [0.25, 0.3) is 0 Å². The van der Waals surface area contributed by atoms with E-state index in [4.69, 9.17) is 10.2 Å². The van der Waals surface area contributed by atoms with Crippen molar-refractivity contribution < 1.29 is 10.2 Å². The van der Waals surface area contributed by atoms with Crippen LogP contribution >= 0.6 is 0 Å². The van der Waals surface area contributed by atoms with Crippen LogP contribution in [0.15, 0.2) is 24.3 Å². The minimum atomic E-state index is -0.0974. The van der Waals surface area contributed by atoms with Gasteiger partial charge in [-0.15, -0.1) is 0 Å². The Labute approximate surface area is 120 Å². The van der Waals surface area contributed by atoms with E-state index >= 15 is 0 Å². The van der Waals surface area contributed by atoms with Gasteiger partial charge in [0.15, 0.2) is 0 Å². The summed E-state index contributed by atoms with van der Waals surface area (Å²) >= 11 is 0. The second-order valence-corrected chi connectivity index (χ2v) is 5.00. The van der Waals surface area contributed by atoms with E-state index in [2.05, 4.69) is 33.8 Å². The molecule has 1 saturated heterocycles. The van der Waals surface area contributed by atoms with Crippen molar-refractivity contribution in [1.82, 2.24) is 9.80 Å². The predicted molar refractivity (Wildman–Crippen MR) is 79.2 cm³/mol. The third-order valence-electron chi connectivity index (χ3n) is 3.55. The molecule has 0 bridgehead atoms. The molecule has 0 unspecified atom stereocenters. The largest absolute Gasteiger partial charge is 0.395 e. The summed E-state index contributed by atoms with van der Waals surface area (Å²) in [6.07, 6.45) is 0. The Morgan fingerprint density at radius 1 is 0.950 bits per heavy atom. The van der Waals surface area contributed by atoms with E-state index in [1.165, 1.54) is 5.56 Å². The van der Waals surface area contributed by atoms with Crippen molar-refractivity contribution in [2.24, 2.45) is 0 Å². The van der Waals surface area contributed by atoms with Crippen LogP contribution in [0.4, 0.5) is 0 Å². The van der Waals surface area contributed by atoms with E-state index in [-0.39, 0.29) is 13.2 Å². The zero-order valence-corrected chi connectivity index (χ0v) is 11.8. The third-order valence-corrected chi connectivity index (χ3v) is 3.55. The van der Waals surface area contributed by atoms with Crippen molar-refractivity contribution in [2.75, 3.05) is 45.9 Å². The van der Waals surface area contributed by atoms with Gasteiger partial charge in [0.25, 0.3) is 0 Å². The van der Waals surface area contributed by atoms with Gasteiger partial charge >= 0.3 is 0 Å². The summed E-state index contributed by atoms with van der Waals surface area (Å²) < 4.78 is 0. The van der Waals surface area contributed by atoms with Gasteiger partial charge in [-0.1, -0.05) is 24.0 Å². The van der Waals surface area contributed by atoms with Gasteiger partial charge in [0, 0.05) is 44.8 Å². The Hall–Kier alpha value is -1.38. The zero-order chi connectivity index (χ0) is 14.2. The van der Waals surface area contributed by atoms with Crippen LogP contribution in [0, 0.1) is 11.8 Å². The van der Waals surface area contributed by atoms with Gasteiger partial charge < -0.3 is 10.2 Å². The topological polar surface area (TPSA) is 46.9 Å². The number of piperazine rings is 1. The van der Waals surface area contributed by atoms with Gasteiger partial charge in [0.1, 0.15) is 6.61 Å². The third kappa shape index (κ3) is 4.62. The molecule has 0 aromatic heterocycles. The van der Waals surface area contributed by atoms with Crippen LogP contribution in [0.3, 0.4) is 0 Å². The molecule has 0 atom stereocenters. The fourth-order valence-corrected chi connectivity index (χ4v) is 2.41. The van der Waals surface area contributed by atoms with Crippen molar-refractivity contribution in [2.45, 2.75) is 6.54 Å². The summed E-state index contributed by atoms with van der Waals surface area (Å²) in [6, 6.07) is 8.20. The van der Waals surface area contributed by atoms with Crippen LogP contribution in [-0.2, 0) is 6.54 Å². The second kappa shape index (κ2) is 8.03. The number of rotatable bonds is 4. The Morgan fingerprint density at radius 2 is 1.60 bits per heavy atom. The maximum atomic E-state index is 8.93. The van der Waals surface area contributed by atoms with Gasteiger partial charge in [-0.3, -0.25) is 9.80 Å². The van der Waals surface area contributed by atoms with Crippen LogP contribution < -0.4 is 0 Å². The average Bonchev–Trinajstić information content (AvgIpc) is 2.49. The van der Waals surface area contributed by atoms with E-state index in [1.54, 1.807) is 0 Å². The molecule has 1 aliphatic rings. The summed E-state index contributed by atoms with van der Waals surface area (Å²) in [7, 11) is 0. The fraction of sp³-hybridized carbons (Fsp3) is 0.500. The molecule has 2 N–H and O–H groups in total. The number of nitrogens with zero attached hydrogens (tertiary/aromatic N) is 2. The zero-order valence-electron chi connectivity index (χ0n) is 11.8. The van der Waals surface area contributed by atoms with E-state index < -0.39 is 0 Å². The molecule has 1 aromatic carbocycles. The quantitative estimate of drug-likeness (QED) is 0.767. The number of benzene rings is 1. The smallest absolute Gasteiger partial charge is 0.104 e. The monoisotopic (exact) mass is 274 g/mol. The molecular weight excluding hydrogens is 252 g/mol. The SMILES string of the molecule is OCC#Cc1ccc(CN2CCN(CCO)CC2)cc1. The number of aliphatic hydroxyl groups excluding tert-OH is 2. The average molecular weight is 274 g/mol. The van der Waals surface area contributed by atoms with Crippen molar-refractivity contribution in [3.05, 3.63) is 35.4 Å². The number of hydrogen-bond donors (Lipinski definition) is 2. The van der Waals surface area contributed by atoms with Crippen LogP contribution in [0.1, 0.15) is 11.1 Å². The molecule has 4 heteroatoms. The first-order chi connectivity index (χ1) is 9.81. The first-order valence-corrected chi connectivity index (χ1v) is 7.06. The van der Waals surface area contributed by atoms with Gasteiger partial charge in [-0.05, 0) is 17.7 Å². The first-order valence-electron chi connectivity index (χ1n) is 7.06. The van der Waals surface area contributed by atoms with Crippen LogP contribution in [0.2, 0.25) is 0 Å². The molecule has 20 heavy (non-hydrogen) atoms. The standard InChI is InChI=1S/C16H22N2O2/c19-12-1-2-15-3-5-16(6-4-15)14-18-9-7-17(8-10-18)11-13-20/h3-6,19-20H,7-14H2. The molecule has 1 heterocycles. The Balaban J connectivity index is 1.82. The molecule has 0 amide bonds. The molecule has 0 saturated carbocycles. The number of β-amino-alcohol motifs (C(OH)–C–C–N with tert-alkyl or cyclic N) is 1. The number of hydrogen-bond acceptors (Lipinski definition) is 4. The first kappa shape index (κ1) is 15.0. The predicted octanol–water partition coefficient (Wildman–Crippen LogP) is 0.140. The minimum Gasteiger partial charge on any atom is -0.395 e. The maximum Gasteiger partial charge on any atom is 0.104 e. The lowest BCUT2D eigenvalue weighted by atomic mass is 10.1. The van der Waals surface area contributed by atoms with Crippen molar-refractivity contribution in [1.29, 1.82) is 0 Å². The van der Waals surface area contributed by atoms with Gasteiger partial charge in [-0.25, -0.2) is 0 Å². The molecule has 0 radical (unpaired) electrons. The molecule has 1 aromatic rings. The normalized spacial score (nSPS) is 16.7. The van der Waals surface area contributed by atoms with Crippen LogP contribution in [0.5, 0.6) is 0 Å². The molecule has 2 rings (SSSR count). The summed E-state index contributed by atoms with van der Waals surface area (Å²) in [4.78, 5) is 4.73.